The number of hydrogen-bond acceptors (Lipinski definition) is 5. The van der Waals surface area contributed by atoms with E-state index in [-0.39, 0.29) is 40.8 Å². The van der Waals surface area contributed by atoms with Crippen molar-refractivity contribution < 1.29 is 24.9 Å². The van der Waals surface area contributed by atoms with E-state index in [0.717, 1.165) is 51.4 Å². The summed E-state index contributed by atoms with van der Waals surface area (Å²) in [4.78, 5) is 23.6. The molecular weight excluding hydrogens is 456 g/mol. The van der Waals surface area contributed by atoms with Crippen molar-refractivity contribution in [3.05, 3.63) is 12.7 Å². The second-order valence-electron chi connectivity index (χ2n) is 12.9. The molecule has 0 radical (unpaired) electrons. The zero-order valence-corrected chi connectivity index (χ0v) is 22.4. The molecule has 0 heterocycles. The number of fused-ring (bicyclic) bond motifs is 5. The Morgan fingerprint density at radius 3 is 2.47 bits per heavy atom. The van der Waals surface area contributed by atoms with E-state index < -0.39 is 6.10 Å². The predicted octanol–water partition coefficient (Wildman–Crippen LogP) is 2.78. The summed E-state index contributed by atoms with van der Waals surface area (Å²) < 4.78 is 0. The first-order valence-electron chi connectivity index (χ1n) is 14.2. The molecule has 4 saturated carbocycles. The van der Waals surface area contributed by atoms with Gasteiger partial charge in [-0.3, -0.25) is 9.59 Å². The summed E-state index contributed by atoms with van der Waals surface area (Å²) in [5, 5.41) is 38.9. The number of amides is 2. The number of rotatable bonds is 8. The maximum atomic E-state index is 12.4. The number of carbonyl (C=O) groups is 2. The largest absolute Gasteiger partial charge is 0.393 e. The summed E-state index contributed by atoms with van der Waals surface area (Å²) in [5.74, 6) is 1.49. The summed E-state index contributed by atoms with van der Waals surface area (Å²) in [5.41, 5.74) is -0.164. The molecule has 0 saturated heterocycles. The average molecular weight is 505 g/mol. The minimum Gasteiger partial charge on any atom is -0.393 e. The van der Waals surface area contributed by atoms with Gasteiger partial charge in [0, 0.05) is 19.5 Å². The van der Waals surface area contributed by atoms with Crippen molar-refractivity contribution in [2.45, 2.75) is 96.9 Å². The molecule has 11 atom stereocenters. The molecule has 7 heteroatoms. The smallest absolute Gasteiger partial charge is 0.243 e. The van der Waals surface area contributed by atoms with E-state index in [0.29, 0.717) is 49.1 Å². The number of nitrogens with one attached hydrogen (secondary N) is 2. The summed E-state index contributed by atoms with van der Waals surface area (Å²) >= 11 is 0. The molecular formula is C29H48N2O5. The fourth-order valence-corrected chi connectivity index (χ4v) is 9.24. The zero-order chi connectivity index (χ0) is 26.3. The lowest BCUT2D eigenvalue weighted by molar-refractivity contribution is -0.207. The Balaban J connectivity index is 1.38. The van der Waals surface area contributed by atoms with Gasteiger partial charge >= 0.3 is 0 Å². The monoisotopic (exact) mass is 504 g/mol. The molecule has 2 amide bonds. The van der Waals surface area contributed by atoms with Crippen LogP contribution in [0, 0.1) is 46.3 Å². The lowest BCUT2D eigenvalue weighted by Gasteiger charge is -2.63. The van der Waals surface area contributed by atoms with E-state index in [1.807, 2.05) is 0 Å². The zero-order valence-electron chi connectivity index (χ0n) is 22.4. The highest BCUT2D eigenvalue weighted by molar-refractivity contribution is 5.86. The number of aliphatic hydroxyl groups is 3. The second-order valence-corrected chi connectivity index (χ2v) is 12.9. The van der Waals surface area contributed by atoms with Crippen LogP contribution in [0.4, 0.5) is 0 Å². The van der Waals surface area contributed by atoms with Crippen molar-refractivity contribution in [3.8, 4) is 0 Å². The van der Waals surface area contributed by atoms with Gasteiger partial charge in [0.05, 0.1) is 18.3 Å². The van der Waals surface area contributed by atoms with Crippen molar-refractivity contribution in [2.24, 2.45) is 46.3 Å². The van der Waals surface area contributed by atoms with E-state index in [4.69, 9.17) is 0 Å². The Labute approximate surface area is 216 Å². The van der Waals surface area contributed by atoms with E-state index in [1.54, 1.807) is 0 Å². The molecule has 0 aromatic carbocycles. The van der Waals surface area contributed by atoms with Crippen LogP contribution in [0.15, 0.2) is 12.7 Å². The van der Waals surface area contributed by atoms with Gasteiger partial charge in [-0.2, -0.15) is 0 Å². The third kappa shape index (κ3) is 4.88. The number of hydrogen-bond donors (Lipinski definition) is 5. The van der Waals surface area contributed by atoms with Gasteiger partial charge in [-0.25, -0.2) is 0 Å². The van der Waals surface area contributed by atoms with Crippen molar-refractivity contribution in [1.82, 2.24) is 10.6 Å². The summed E-state index contributed by atoms with van der Waals surface area (Å²) in [7, 11) is 0. The SMILES string of the molecule is C=CC(=O)NCCNC(=O)CC[C@@H](C)[C@H]1CC[C@H]2[C@@H]3[C@H](O)C[C@@H]4C[C@H](O)CC[C@]4(C)[C@H]3C[C@H](O)[C@]12C. The van der Waals surface area contributed by atoms with Gasteiger partial charge in [-0.05, 0) is 104 Å². The first-order valence-corrected chi connectivity index (χ1v) is 14.2. The molecule has 0 bridgehead atoms. The molecule has 0 aliphatic heterocycles. The van der Waals surface area contributed by atoms with Crippen LogP contribution in [0.25, 0.3) is 0 Å². The third-order valence-electron chi connectivity index (χ3n) is 11.3. The first-order chi connectivity index (χ1) is 17.0. The topological polar surface area (TPSA) is 119 Å². The summed E-state index contributed by atoms with van der Waals surface area (Å²) in [6.07, 6.45) is 7.52. The fraction of sp³-hybridized carbons (Fsp3) is 0.862. The van der Waals surface area contributed by atoms with Crippen LogP contribution in [0.1, 0.15) is 78.6 Å². The minimum atomic E-state index is -0.407. The van der Waals surface area contributed by atoms with Crippen LogP contribution in [-0.4, -0.2) is 58.5 Å². The maximum absolute atomic E-state index is 12.4. The number of aliphatic hydroxyl groups excluding tert-OH is 3. The van der Waals surface area contributed by atoms with Crippen LogP contribution in [0.5, 0.6) is 0 Å². The molecule has 4 fully saturated rings. The lowest BCUT2D eigenvalue weighted by Crippen LogP contribution is -2.62. The summed E-state index contributed by atoms with van der Waals surface area (Å²) in [6.45, 7) is 11.0. The second kappa shape index (κ2) is 10.7. The van der Waals surface area contributed by atoms with Crippen molar-refractivity contribution in [2.75, 3.05) is 13.1 Å². The predicted molar refractivity (Wildman–Crippen MR) is 139 cm³/mol. The molecule has 204 valence electrons. The molecule has 0 spiro atoms. The average Bonchev–Trinajstić information content (AvgIpc) is 3.20. The maximum Gasteiger partial charge on any atom is 0.243 e. The van der Waals surface area contributed by atoms with Crippen molar-refractivity contribution >= 4 is 11.8 Å². The van der Waals surface area contributed by atoms with Crippen molar-refractivity contribution in [1.29, 1.82) is 0 Å². The van der Waals surface area contributed by atoms with E-state index in [9.17, 15) is 24.9 Å². The van der Waals surface area contributed by atoms with Gasteiger partial charge in [0.15, 0.2) is 0 Å². The van der Waals surface area contributed by atoms with Gasteiger partial charge in [0.25, 0.3) is 0 Å². The van der Waals surface area contributed by atoms with E-state index in [1.165, 1.54) is 6.08 Å². The Bertz CT molecular complexity index is 834. The molecule has 4 aliphatic carbocycles. The quantitative estimate of drug-likeness (QED) is 0.257. The Hall–Kier alpha value is -1.44. The lowest BCUT2D eigenvalue weighted by atomic mass is 9.43. The van der Waals surface area contributed by atoms with Crippen LogP contribution in [0.2, 0.25) is 0 Å². The Kier molecular flexibility index (Phi) is 8.23. The van der Waals surface area contributed by atoms with Crippen LogP contribution in [-0.2, 0) is 9.59 Å². The highest BCUT2D eigenvalue weighted by Crippen LogP contribution is 2.68. The van der Waals surface area contributed by atoms with Crippen LogP contribution in [0.3, 0.4) is 0 Å². The van der Waals surface area contributed by atoms with Crippen molar-refractivity contribution in [3.63, 3.8) is 0 Å². The molecule has 7 nitrogen and oxygen atoms in total. The van der Waals surface area contributed by atoms with Crippen LogP contribution >= 0.6 is 0 Å². The molecule has 0 unspecified atom stereocenters. The molecule has 5 N–H and O–H groups in total. The van der Waals surface area contributed by atoms with E-state index >= 15 is 0 Å². The Morgan fingerprint density at radius 2 is 1.75 bits per heavy atom. The molecule has 4 rings (SSSR count). The fourth-order valence-electron chi connectivity index (χ4n) is 9.24. The normalized spacial score (nSPS) is 44.5. The number of carbonyl (C=O) groups excluding carboxylic acids is 2. The summed E-state index contributed by atoms with van der Waals surface area (Å²) in [6, 6.07) is 0. The Morgan fingerprint density at radius 1 is 1.03 bits per heavy atom. The molecule has 4 aliphatic rings. The van der Waals surface area contributed by atoms with Gasteiger partial charge in [0.2, 0.25) is 11.8 Å². The van der Waals surface area contributed by atoms with Crippen LogP contribution < -0.4 is 10.6 Å². The minimum absolute atomic E-state index is 0.0141. The standard InChI is InChI=1S/C29H48N2O5/c1-5-25(35)30-12-13-31-26(36)9-6-17(2)20-7-8-21-27-22(16-24(34)29(20,21)4)28(3)11-10-19(32)14-18(28)15-23(27)33/h5,17-24,27,32-34H,1,6-16H2,2-4H3,(H,30,35)(H,31,36)/t17-,18+,19-,20-,21+,22+,23-,24+,27+,28+,29-/m1/s1. The third-order valence-corrected chi connectivity index (χ3v) is 11.3. The van der Waals surface area contributed by atoms with Gasteiger partial charge in [0.1, 0.15) is 0 Å². The molecule has 0 aromatic rings. The molecule has 36 heavy (non-hydrogen) atoms. The van der Waals surface area contributed by atoms with E-state index in [2.05, 4.69) is 38.0 Å². The highest BCUT2D eigenvalue weighted by Gasteiger charge is 2.65. The van der Waals surface area contributed by atoms with Gasteiger partial charge in [-0.15, -0.1) is 0 Å². The van der Waals surface area contributed by atoms with Gasteiger partial charge < -0.3 is 26.0 Å². The first kappa shape index (κ1) is 27.6. The highest BCUT2D eigenvalue weighted by atomic mass is 16.3. The van der Waals surface area contributed by atoms with Gasteiger partial charge in [-0.1, -0.05) is 27.4 Å². The molecule has 0 aromatic heterocycles.